The maximum Gasteiger partial charge on any atom is 0.446 e. The Morgan fingerprint density at radius 3 is 2.47 bits per heavy atom. The molecule has 1 aromatic rings. The third kappa shape index (κ3) is 3.22. The minimum Gasteiger partial charge on any atom is -0.465 e. The number of hydrogen-bond acceptors (Lipinski definition) is 5. The number of hydrogen-bond donors (Lipinski definition) is 1. The highest BCUT2D eigenvalue weighted by Gasteiger charge is 2.16. The van der Waals surface area contributed by atoms with Gasteiger partial charge in [-0.2, -0.15) is 8.42 Å². The molecule has 0 radical (unpaired) electrons. The summed E-state index contributed by atoms with van der Waals surface area (Å²) >= 11 is 0. The lowest BCUT2D eigenvalue weighted by Crippen LogP contribution is -2.11. The summed E-state index contributed by atoms with van der Waals surface area (Å²) in [6.45, 7) is 0. The third-order valence-corrected chi connectivity index (χ3v) is 1.88. The molecule has 0 bridgehead atoms. The van der Waals surface area contributed by atoms with Crippen LogP contribution >= 0.6 is 0 Å². The molecular formula is C8H8O6S. The fourth-order valence-electron chi connectivity index (χ4n) is 0.931. The fraction of sp³-hybridized carbons (Fsp3) is 0.125. The minimum absolute atomic E-state index is 0.0855. The molecule has 0 aliphatic rings. The molecule has 0 aromatic heterocycles. The zero-order valence-electron chi connectivity index (χ0n) is 7.71. The van der Waals surface area contributed by atoms with Crippen molar-refractivity contribution in [2.75, 3.05) is 7.11 Å². The number of benzene rings is 1. The molecule has 1 aromatic carbocycles. The summed E-state index contributed by atoms with van der Waals surface area (Å²) in [5, 5.41) is 0. The van der Waals surface area contributed by atoms with Crippen molar-refractivity contribution in [2.45, 2.75) is 0 Å². The van der Waals surface area contributed by atoms with E-state index in [1.54, 1.807) is 0 Å². The van der Waals surface area contributed by atoms with Gasteiger partial charge in [0, 0.05) is 0 Å². The zero-order chi connectivity index (χ0) is 11.5. The molecule has 7 heteroatoms. The SMILES string of the molecule is COC(=O)c1ccccc1OS(=O)(=O)O. The van der Waals surface area contributed by atoms with E-state index in [2.05, 4.69) is 8.92 Å². The Labute approximate surface area is 86.4 Å². The summed E-state index contributed by atoms with van der Waals surface area (Å²) in [7, 11) is -3.50. The van der Waals surface area contributed by atoms with Crippen LogP contribution < -0.4 is 4.18 Å². The molecule has 6 nitrogen and oxygen atoms in total. The predicted octanol–water partition coefficient (Wildman–Crippen LogP) is 0.655. The van der Waals surface area contributed by atoms with E-state index in [-0.39, 0.29) is 11.3 Å². The van der Waals surface area contributed by atoms with E-state index in [0.29, 0.717) is 0 Å². The van der Waals surface area contributed by atoms with E-state index in [4.69, 9.17) is 4.55 Å². The van der Waals surface area contributed by atoms with E-state index >= 15 is 0 Å². The first-order valence-electron chi connectivity index (χ1n) is 3.78. The van der Waals surface area contributed by atoms with Crippen LogP contribution in [0.3, 0.4) is 0 Å². The van der Waals surface area contributed by atoms with Gasteiger partial charge in [0.05, 0.1) is 7.11 Å². The van der Waals surface area contributed by atoms with Gasteiger partial charge in [0.15, 0.2) is 5.75 Å². The third-order valence-electron chi connectivity index (χ3n) is 1.49. The van der Waals surface area contributed by atoms with Crippen LogP contribution in [-0.4, -0.2) is 26.0 Å². The van der Waals surface area contributed by atoms with Crippen molar-refractivity contribution >= 4 is 16.4 Å². The number of esters is 1. The summed E-state index contributed by atoms with van der Waals surface area (Å²) in [4.78, 5) is 11.1. The smallest absolute Gasteiger partial charge is 0.446 e. The quantitative estimate of drug-likeness (QED) is 0.608. The van der Waals surface area contributed by atoms with Crippen molar-refractivity contribution in [3.63, 3.8) is 0 Å². The average molecular weight is 232 g/mol. The molecule has 0 heterocycles. The molecule has 0 fully saturated rings. The van der Waals surface area contributed by atoms with Gasteiger partial charge in [-0.15, -0.1) is 0 Å². The summed E-state index contributed by atoms with van der Waals surface area (Å²) in [6, 6.07) is 5.49. The Balaban J connectivity index is 3.13. The van der Waals surface area contributed by atoms with Gasteiger partial charge in [0.2, 0.25) is 0 Å². The number of carbonyl (C=O) groups is 1. The van der Waals surface area contributed by atoms with Gasteiger partial charge >= 0.3 is 16.4 Å². The first-order valence-corrected chi connectivity index (χ1v) is 5.15. The lowest BCUT2D eigenvalue weighted by molar-refractivity contribution is 0.0599. The molecule has 0 aliphatic heterocycles. The minimum atomic E-state index is -4.65. The number of methoxy groups -OCH3 is 1. The summed E-state index contributed by atoms with van der Waals surface area (Å²) < 4.78 is 37.9. The lowest BCUT2D eigenvalue weighted by Gasteiger charge is -2.05. The van der Waals surface area contributed by atoms with Gasteiger partial charge in [-0.1, -0.05) is 12.1 Å². The molecule has 0 unspecified atom stereocenters. The van der Waals surface area contributed by atoms with E-state index in [0.717, 1.165) is 7.11 Å². The van der Waals surface area contributed by atoms with E-state index in [1.807, 2.05) is 0 Å². The monoisotopic (exact) mass is 232 g/mol. The van der Waals surface area contributed by atoms with Crippen LogP contribution in [0.1, 0.15) is 10.4 Å². The average Bonchev–Trinajstić information content (AvgIpc) is 2.15. The van der Waals surface area contributed by atoms with Gasteiger partial charge in [-0.3, -0.25) is 4.55 Å². The molecule has 0 aliphatic carbocycles. The van der Waals surface area contributed by atoms with Gasteiger partial charge in [-0.05, 0) is 12.1 Å². The highest BCUT2D eigenvalue weighted by atomic mass is 32.3. The van der Waals surface area contributed by atoms with Crippen molar-refractivity contribution < 1.29 is 26.7 Å². The van der Waals surface area contributed by atoms with E-state index in [1.165, 1.54) is 24.3 Å². The van der Waals surface area contributed by atoms with Crippen molar-refractivity contribution in [1.29, 1.82) is 0 Å². The second kappa shape index (κ2) is 4.28. The molecular weight excluding hydrogens is 224 g/mol. The second-order valence-electron chi connectivity index (χ2n) is 2.50. The number of ether oxygens (including phenoxy) is 1. The fourth-order valence-corrected chi connectivity index (χ4v) is 1.30. The van der Waals surface area contributed by atoms with Crippen molar-refractivity contribution in [3.05, 3.63) is 29.8 Å². The summed E-state index contributed by atoms with van der Waals surface area (Å²) in [6.07, 6.45) is 0. The molecule has 0 amide bonds. The van der Waals surface area contributed by atoms with Gasteiger partial charge < -0.3 is 8.92 Å². The summed E-state index contributed by atoms with van der Waals surface area (Å²) in [5.41, 5.74) is -0.0855. The van der Waals surface area contributed by atoms with Gasteiger partial charge in [0.1, 0.15) is 5.56 Å². The van der Waals surface area contributed by atoms with Crippen molar-refractivity contribution in [3.8, 4) is 5.75 Å². The highest BCUT2D eigenvalue weighted by Crippen LogP contribution is 2.19. The van der Waals surface area contributed by atoms with Crippen LogP contribution in [0.4, 0.5) is 0 Å². The molecule has 82 valence electrons. The molecule has 15 heavy (non-hydrogen) atoms. The van der Waals surface area contributed by atoms with Crippen LogP contribution in [0.2, 0.25) is 0 Å². The first-order chi connectivity index (χ1) is 6.94. The van der Waals surface area contributed by atoms with E-state index in [9.17, 15) is 13.2 Å². The number of carbonyl (C=O) groups excluding carboxylic acids is 1. The van der Waals surface area contributed by atoms with Gasteiger partial charge in [0.25, 0.3) is 0 Å². The Hall–Kier alpha value is -1.60. The zero-order valence-corrected chi connectivity index (χ0v) is 8.52. The Morgan fingerprint density at radius 1 is 1.33 bits per heavy atom. The molecule has 0 saturated carbocycles. The topological polar surface area (TPSA) is 89.9 Å². The maximum absolute atomic E-state index is 11.1. The first kappa shape index (κ1) is 11.5. The van der Waals surface area contributed by atoms with Crippen molar-refractivity contribution in [2.24, 2.45) is 0 Å². The molecule has 1 rings (SSSR count). The predicted molar refractivity (Wildman–Crippen MR) is 50.0 cm³/mol. The number of para-hydroxylation sites is 1. The molecule has 1 N–H and O–H groups in total. The Kier molecular flexibility index (Phi) is 3.28. The van der Waals surface area contributed by atoms with E-state index < -0.39 is 16.4 Å². The second-order valence-corrected chi connectivity index (χ2v) is 3.52. The summed E-state index contributed by atoms with van der Waals surface area (Å²) in [5.74, 6) is -1.04. The largest absolute Gasteiger partial charge is 0.465 e. The highest BCUT2D eigenvalue weighted by molar-refractivity contribution is 7.81. The molecule has 0 atom stereocenters. The lowest BCUT2D eigenvalue weighted by atomic mass is 10.2. The molecule has 0 saturated heterocycles. The van der Waals surface area contributed by atoms with Gasteiger partial charge in [-0.25, -0.2) is 4.79 Å². The van der Waals surface area contributed by atoms with Crippen molar-refractivity contribution in [1.82, 2.24) is 0 Å². The molecule has 0 spiro atoms. The van der Waals surface area contributed by atoms with Crippen LogP contribution in [0, 0.1) is 0 Å². The van der Waals surface area contributed by atoms with Crippen LogP contribution in [-0.2, 0) is 15.1 Å². The van der Waals surface area contributed by atoms with Crippen LogP contribution in [0.5, 0.6) is 5.75 Å². The Morgan fingerprint density at radius 2 is 1.93 bits per heavy atom. The normalized spacial score (nSPS) is 10.8. The number of rotatable bonds is 3. The maximum atomic E-state index is 11.1. The standard InChI is InChI=1S/C8H8O6S/c1-13-8(9)6-4-2-3-5-7(6)14-15(10,11)12/h2-5H,1H3,(H,10,11,12). The van der Waals surface area contributed by atoms with Crippen LogP contribution in [0.15, 0.2) is 24.3 Å². The van der Waals surface area contributed by atoms with Crippen LogP contribution in [0.25, 0.3) is 0 Å². The Bertz CT molecular complexity index is 464.